The average molecular weight is 386 g/mol. The number of rotatable bonds is 5. The largest absolute Gasteiger partial charge is 0.353 e. The first-order valence-electron chi connectivity index (χ1n) is 9.55. The van der Waals surface area contributed by atoms with Crippen LogP contribution in [0.25, 0.3) is 6.08 Å². The molecule has 0 unspecified atom stereocenters. The van der Waals surface area contributed by atoms with Gasteiger partial charge in [-0.15, -0.1) is 0 Å². The molecule has 1 amide bonds. The van der Waals surface area contributed by atoms with Crippen molar-refractivity contribution in [2.45, 2.75) is 0 Å². The number of piperazine rings is 1. The van der Waals surface area contributed by atoms with Crippen molar-refractivity contribution in [3.8, 4) is 0 Å². The monoisotopic (exact) mass is 386 g/mol. The van der Waals surface area contributed by atoms with Crippen molar-refractivity contribution in [3.63, 3.8) is 0 Å². The molecular weight excluding hydrogens is 364 g/mol. The Kier molecular flexibility index (Phi) is 5.76. The number of benzene rings is 1. The van der Waals surface area contributed by atoms with Crippen LogP contribution in [-0.2, 0) is 4.79 Å². The molecule has 1 fully saturated rings. The number of carbonyl (C=O) groups excluding carboxylic acids is 1. The summed E-state index contributed by atoms with van der Waals surface area (Å²) < 4.78 is 0. The number of amides is 1. The summed E-state index contributed by atoms with van der Waals surface area (Å²) >= 11 is 0. The molecule has 29 heavy (non-hydrogen) atoms. The van der Waals surface area contributed by atoms with E-state index in [1.807, 2.05) is 54.7 Å². The van der Waals surface area contributed by atoms with E-state index in [0.29, 0.717) is 11.6 Å². The Balaban J connectivity index is 1.30. The van der Waals surface area contributed by atoms with Crippen molar-refractivity contribution < 1.29 is 4.79 Å². The molecule has 7 nitrogen and oxygen atoms in total. The Labute approximate surface area is 169 Å². The molecular formula is C22H22N6O. The van der Waals surface area contributed by atoms with Crippen molar-refractivity contribution >= 4 is 29.4 Å². The Morgan fingerprint density at radius 1 is 0.862 bits per heavy atom. The zero-order valence-corrected chi connectivity index (χ0v) is 16.0. The fourth-order valence-electron chi connectivity index (χ4n) is 3.15. The lowest BCUT2D eigenvalue weighted by Gasteiger charge is -2.35. The van der Waals surface area contributed by atoms with Gasteiger partial charge in [-0.25, -0.2) is 15.0 Å². The van der Waals surface area contributed by atoms with Gasteiger partial charge in [-0.1, -0.05) is 36.4 Å². The molecule has 1 saturated heterocycles. The molecule has 0 radical (unpaired) electrons. The third-order valence-electron chi connectivity index (χ3n) is 4.67. The highest BCUT2D eigenvalue weighted by Crippen LogP contribution is 2.16. The van der Waals surface area contributed by atoms with E-state index in [0.717, 1.165) is 37.6 Å². The minimum Gasteiger partial charge on any atom is -0.353 e. The smallest absolute Gasteiger partial charge is 0.248 e. The molecule has 1 aromatic carbocycles. The van der Waals surface area contributed by atoms with Crippen LogP contribution in [0.4, 0.5) is 17.5 Å². The molecule has 3 aromatic rings. The Morgan fingerprint density at radius 3 is 2.24 bits per heavy atom. The third-order valence-corrected chi connectivity index (χ3v) is 4.67. The average Bonchev–Trinajstić information content (AvgIpc) is 2.80. The number of pyridine rings is 1. The second-order valence-corrected chi connectivity index (χ2v) is 6.67. The zero-order valence-electron chi connectivity index (χ0n) is 16.0. The van der Waals surface area contributed by atoms with Crippen LogP contribution in [0, 0.1) is 0 Å². The lowest BCUT2D eigenvalue weighted by atomic mass is 10.2. The maximum Gasteiger partial charge on any atom is 0.248 e. The van der Waals surface area contributed by atoms with Crippen molar-refractivity contribution in [2.24, 2.45) is 0 Å². The first kappa shape index (κ1) is 18.6. The highest BCUT2D eigenvalue weighted by Gasteiger charge is 2.19. The molecule has 3 heterocycles. The van der Waals surface area contributed by atoms with Gasteiger partial charge in [-0.05, 0) is 23.8 Å². The summed E-state index contributed by atoms with van der Waals surface area (Å²) in [6.07, 6.45) is 8.36. The summed E-state index contributed by atoms with van der Waals surface area (Å²) in [5.74, 6) is 1.45. The number of hydrogen-bond acceptors (Lipinski definition) is 6. The quantitative estimate of drug-likeness (QED) is 0.680. The number of carbonyl (C=O) groups is 1. The minimum absolute atomic E-state index is 0.214. The van der Waals surface area contributed by atoms with E-state index in [-0.39, 0.29) is 5.91 Å². The van der Waals surface area contributed by atoms with Crippen molar-refractivity contribution in [1.29, 1.82) is 0 Å². The van der Waals surface area contributed by atoms with E-state index in [2.05, 4.69) is 30.1 Å². The Bertz CT molecular complexity index is 952. The van der Waals surface area contributed by atoms with Crippen LogP contribution < -0.4 is 15.1 Å². The Hall–Kier alpha value is -3.74. The minimum atomic E-state index is -0.214. The fourth-order valence-corrected chi connectivity index (χ4v) is 3.15. The summed E-state index contributed by atoms with van der Waals surface area (Å²) in [5.41, 5.74) is 1.54. The van der Waals surface area contributed by atoms with Crippen LogP contribution in [0.15, 0.2) is 73.2 Å². The molecule has 1 N–H and O–H groups in total. The van der Waals surface area contributed by atoms with Gasteiger partial charge in [-0.2, -0.15) is 0 Å². The first-order chi connectivity index (χ1) is 14.3. The van der Waals surface area contributed by atoms with Gasteiger partial charge in [0.25, 0.3) is 0 Å². The van der Waals surface area contributed by atoms with Crippen LogP contribution in [0.2, 0.25) is 0 Å². The number of nitrogens with zero attached hydrogens (tertiary/aromatic N) is 5. The Morgan fingerprint density at radius 2 is 1.55 bits per heavy atom. The second-order valence-electron chi connectivity index (χ2n) is 6.67. The van der Waals surface area contributed by atoms with Gasteiger partial charge in [0.15, 0.2) is 0 Å². The lowest BCUT2D eigenvalue weighted by molar-refractivity contribution is -0.111. The topological polar surface area (TPSA) is 74.2 Å². The second kappa shape index (κ2) is 8.97. The highest BCUT2D eigenvalue weighted by molar-refractivity contribution is 6.01. The van der Waals surface area contributed by atoms with E-state index in [1.165, 1.54) is 6.08 Å². The molecule has 2 aromatic heterocycles. The van der Waals surface area contributed by atoms with Crippen molar-refractivity contribution in [1.82, 2.24) is 15.0 Å². The van der Waals surface area contributed by atoms with Gasteiger partial charge < -0.3 is 15.1 Å². The van der Waals surface area contributed by atoms with Crippen molar-refractivity contribution in [3.05, 3.63) is 78.8 Å². The summed E-state index contributed by atoms with van der Waals surface area (Å²) in [6.45, 7) is 3.37. The predicted molar refractivity (Wildman–Crippen MR) is 115 cm³/mol. The van der Waals surface area contributed by atoms with E-state index >= 15 is 0 Å². The van der Waals surface area contributed by atoms with Crippen molar-refractivity contribution in [2.75, 3.05) is 41.3 Å². The van der Waals surface area contributed by atoms with E-state index in [4.69, 9.17) is 0 Å². The van der Waals surface area contributed by atoms with Gasteiger partial charge in [-0.3, -0.25) is 4.79 Å². The summed E-state index contributed by atoms with van der Waals surface area (Å²) in [4.78, 5) is 29.7. The third kappa shape index (κ3) is 4.95. The molecule has 0 atom stereocenters. The van der Waals surface area contributed by atoms with Crippen LogP contribution >= 0.6 is 0 Å². The maximum absolute atomic E-state index is 12.1. The molecule has 0 spiro atoms. The molecule has 146 valence electrons. The van der Waals surface area contributed by atoms with Gasteiger partial charge in [0, 0.05) is 38.5 Å². The molecule has 0 aliphatic carbocycles. The highest BCUT2D eigenvalue weighted by atomic mass is 16.1. The molecule has 1 aliphatic rings. The standard InChI is InChI=1S/C22H22N6O/c29-21(10-9-18-6-2-1-3-7-18)26-19-16-24-22(25-17-19)28-14-12-27(13-15-28)20-8-4-5-11-23-20/h1-11,16-17H,12-15H2,(H,26,29). The maximum atomic E-state index is 12.1. The van der Waals surface area contributed by atoms with Gasteiger partial charge >= 0.3 is 0 Å². The van der Waals surface area contributed by atoms with Crippen LogP contribution in [0.3, 0.4) is 0 Å². The fraction of sp³-hybridized carbons (Fsp3) is 0.182. The van der Waals surface area contributed by atoms with E-state index in [1.54, 1.807) is 18.5 Å². The van der Waals surface area contributed by atoms with Gasteiger partial charge in [0.1, 0.15) is 5.82 Å². The predicted octanol–water partition coefficient (Wildman–Crippen LogP) is 2.85. The van der Waals surface area contributed by atoms with Crippen LogP contribution in [0.1, 0.15) is 5.56 Å². The number of anilines is 3. The number of aromatic nitrogens is 3. The molecule has 1 aliphatic heterocycles. The first-order valence-corrected chi connectivity index (χ1v) is 9.55. The van der Waals surface area contributed by atoms with Crippen LogP contribution in [-0.4, -0.2) is 47.0 Å². The van der Waals surface area contributed by atoms with Gasteiger partial charge in [0.2, 0.25) is 11.9 Å². The SMILES string of the molecule is O=C(C=Cc1ccccc1)Nc1cnc(N2CCN(c3ccccn3)CC2)nc1. The molecule has 7 heteroatoms. The van der Waals surface area contributed by atoms with Gasteiger partial charge in [0.05, 0.1) is 18.1 Å². The molecule has 0 bridgehead atoms. The lowest BCUT2D eigenvalue weighted by Crippen LogP contribution is -2.47. The summed E-state index contributed by atoms with van der Waals surface area (Å²) in [5, 5.41) is 2.79. The normalized spacial score (nSPS) is 14.2. The number of nitrogens with one attached hydrogen (secondary N) is 1. The summed E-state index contributed by atoms with van der Waals surface area (Å²) in [6, 6.07) is 15.6. The van der Waals surface area contributed by atoms with Crippen LogP contribution in [0.5, 0.6) is 0 Å². The summed E-state index contributed by atoms with van der Waals surface area (Å²) in [7, 11) is 0. The molecule has 4 rings (SSSR count). The van der Waals surface area contributed by atoms with E-state index < -0.39 is 0 Å². The van der Waals surface area contributed by atoms with E-state index in [9.17, 15) is 4.79 Å². The number of hydrogen-bond donors (Lipinski definition) is 1. The molecule has 0 saturated carbocycles. The zero-order chi connectivity index (χ0) is 19.9.